The lowest BCUT2D eigenvalue weighted by atomic mass is 10.2. The Morgan fingerprint density at radius 1 is 1.54 bits per heavy atom. The van der Waals surface area contributed by atoms with E-state index in [4.69, 9.17) is 0 Å². The number of hydrogen-bond acceptors (Lipinski definition) is 5. The van der Waals surface area contributed by atoms with E-state index in [1.165, 1.54) is 37.3 Å². The second-order valence-electron chi connectivity index (χ2n) is 3.15. The van der Waals surface area contributed by atoms with Gasteiger partial charge < -0.3 is 5.32 Å². The summed E-state index contributed by atoms with van der Waals surface area (Å²) < 4.78 is 5.11. The molecule has 1 aromatic heterocycles. The molecule has 5 heteroatoms. The minimum Gasteiger partial charge on any atom is -0.316 e. The van der Waals surface area contributed by atoms with Crippen LogP contribution in [0.25, 0.3) is 0 Å². The normalized spacial score (nSPS) is 24.2. The van der Waals surface area contributed by atoms with Gasteiger partial charge in [-0.1, -0.05) is 18.2 Å². The quantitative estimate of drug-likeness (QED) is 0.816. The smallest absolute Gasteiger partial charge is 0.170 e. The average Bonchev–Trinajstić information content (AvgIpc) is 2.49. The fourth-order valence-electron chi connectivity index (χ4n) is 1.45. The molecule has 0 aromatic carbocycles. The molecule has 0 aliphatic carbocycles. The molecule has 1 atom stereocenters. The van der Waals surface area contributed by atoms with E-state index in [9.17, 15) is 0 Å². The number of aromatic nitrogens is 2. The third-order valence-corrected chi connectivity index (χ3v) is 4.13. The Labute approximate surface area is 86.5 Å². The molecule has 2 heterocycles. The second-order valence-corrected chi connectivity index (χ2v) is 5.47. The zero-order chi connectivity index (χ0) is 8.93. The zero-order valence-electron chi connectivity index (χ0n) is 7.40. The Hall–Kier alpha value is -0.130. The van der Waals surface area contributed by atoms with Crippen molar-refractivity contribution in [3.8, 4) is 0 Å². The average molecular weight is 215 g/mol. The van der Waals surface area contributed by atoms with Crippen LogP contribution in [0.15, 0.2) is 10.7 Å². The molecular weight excluding hydrogens is 202 g/mol. The standard InChI is InChI=1S/C8H13N3S2/c1-2-4-9-5-7(3-1)12-8-10-6-11-13-8/h6-7,9H,1-5H2. The van der Waals surface area contributed by atoms with Crippen molar-refractivity contribution in [3.63, 3.8) is 0 Å². The van der Waals surface area contributed by atoms with Crippen molar-refractivity contribution in [2.24, 2.45) is 0 Å². The highest BCUT2D eigenvalue weighted by Crippen LogP contribution is 2.27. The van der Waals surface area contributed by atoms with E-state index in [1.54, 1.807) is 6.33 Å². The van der Waals surface area contributed by atoms with E-state index in [-0.39, 0.29) is 0 Å². The van der Waals surface area contributed by atoms with Crippen LogP contribution in [0.4, 0.5) is 0 Å². The van der Waals surface area contributed by atoms with Crippen LogP contribution in [-0.2, 0) is 0 Å². The topological polar surface area (TPSA) is 37.8 Å². The van der Waals surface area contributed by atoms with Crippen LogP contribution in [0.3, 0.4) is 0 Å². The molecule has 0 bridgehead atoms. The van der Waals surface area contributed by atoms with Gasteiger partial charge in [0.05, 0.1) is 0 Å². The highest BCUT2D eigenvalue weighted by atomic mass is 32.2. The first-order chi connectivity index (χ1) is 6.45. The van der Waals surface area contributed by atoms with Gasteiger partial charge >= 0.3 is 0 Å². The Kier molecular flexibility index (Phi) is 3.57. The predicted molar refractivity (Wildman–Crippen MR) is 56.3 cm³/mol. The molecule has 1 saturated heterocycles. The maximum absolute atomic E-state index is 4.18. The summed E-state index contributed by atoms with van der Waals surface area (Å²) >= 11 is 3.36. The van der Waals surface area contributed by atoms with Gasteiger partial charge in [-0.25, -0.2) is 4.98 Å². The van der Waals surface area contributed by atoms with Crippen molar-refractivity contribution >= 4 is 23.3 Å². The molecule has 13 heavy (non-hydrogen) atoms. The van der Waals surface area contributed by atoms with E-state index in [2.05, 4.69) is 14.7 Å². The lowest BCUT2D eigenvalue weighted by molar-refractivity contribution is 0.706. The molecule has 1 aliphatic heterocycles. The van der Waals surface area contributed by atoms with Crippen molar-refractivity contribution in [3.05, 3.63) is 6.33 Å². The summed E-state index contributed by atoms with van der Waals surface area (Å²) in [5.41, 5.74) is 0. The SMILES string of the molecule is c1nsc(SC2CCCCNC2)n1. The molecule has 72 valence electrons. The summed E-state index contributed by atoms with van der Waals surface area (Å²) in [4.78, 5) is 4.18. The molecule has 1 aromatic rings. The highest BCUT2D eigenvalue weighted by Gasteiger charge is 2.14. The maximum atomic E-state index is 4.18. The van der Waals surface area contributed by atoms with Crippen LogP contribution in [0.2, 0.25) is 0 Å². The van der Waals surface area contributed by atoms with Gasteiger partial charge in [-0.3, -0.25) is 0 Å². The van der Waals surface area contributed by atoms with E-state index >= 15 is 0 Å². The van der Waals surface area contributed by atoms with Crippen molar-refractivity contribution in [1.82, 2.24) is 14.7 Å². The van der Waals surface area contributed by atoms with Crippen LogP contribution in [0.5, 0.6) is 0 Å². The van der Waals surface area contributed by atoms with Gasteiger partial charge in [0.2, 0.25) is 0 Å². The molecule has 0 saturated carbocycles. The lowest BCUT2D eigenvalue weighted by Crippen LogP contribution is -2.22. The lowest BCUT2D eigenvalue weighted by Gasteiger charge is -2.10. The number of thioether (sulfide) groups is 1. The van der Waals surface area contributed by atoms with Crippen molar-refractivity contribution in [1.29, 1.82) is 0 Å². The molecule has 0 radical (unpaired) electrons. The monoisotopic (exact) mass is 215 g/mol. The van der Waals surface area contributed by atoms with E-state index < -0.39 is 0 Å². The van der Waals surface area contributed by atoms with Crippen LogP contribution in [0, 0.1) is 0 Å². The largest absolute Gasteiger partial charge is 0.316 e. The number of rotatable bonds is 2. The third kappa shape index (κ3) is 2.93. The van der Waals surface area contributed by atoms with Crippen LogP contribution >= 0.6 is 23.3 Å². The molecule has 1 N–H and O–H groups in total. The fraction of sp³-hybridized carbons (Fsp3) is 0.750. The number of nitrogens with zero attached hydrogens (tertiary/aromatic N) is 2. The molecular formula is C8H13N3S2. The first-order valence-electron chi connectivity index (χ1n) is 4.59. The molecule has 1 aliphatic rings. The van der Waals surface area contributed by atoms with Crippen LogP contribution < -0.4 is 5.32 Å². The van der Waals surface area contributed by atoms with Gasteiger partial charge in [0.25, 0.3) is 0 Å². The number of hydrogen-bond donors (Lipinski definition) is 1. The van der Waals surface area contributed by atoms with Crippen molar-refractivity contribution in [2.45, 2.75) is 28.9 Å². The summed E-state index contributed by atoms with van der Waals surface area (Å²) in [6.45, 7) is 2.29. The fourth-order valence-corrected chi connectivity index (χ4v) is 3.31. The van der Waals surface area contributed by atoms with Gasteiger partial charge in [-0.05, 0) is 30.9 Å². The summed E-state index contributed by atoms with van der Waals surface area (Å²) in [6.07, 6.45) is 5.59. The Bertz CT molecular complexity index is 230. The number of nitrogens with one attached hydrogen (secondary N) is 1. The Morgan fingerprint density at radius 2 is 2.54 bits per heavy atom. The second kappa shape index (κ2) is 4.93. The van der Waals surface area contributed by atoms with Gasteiger partial charge in [0, 0.05) is 11.8 Å². The van der Waals surface area contributed by atoms with Crippen LogP contribution in [-0.4, -0.2) is 27.7 Å². The molecule has 1 fully saturated rings. The van der Waals surface area contributed by atoms with E-state index in [0.29, 0.717) is 5.25 Å². The summed E-state index contributed by atoms with van der Waals surface area (Å²) in [6, 6.07) is 0. The first-order valence-corrected chi connectivity index (χ1v) is 6.24. The zero-order valence-corrected chi connectivity index (χ0v) is 9.03. The van der Waals surface area contributed by atoms with Gasteiger partial charge in [0.1, 0.15) is 6.33 Å². The predicted octanol–water partition coefficient (Wildman–Crippen LogP) is 1.77. The third-order valence-electron chi connectivity index (χ3n) is 2.11. The van der Waals surface area contributed by atoms with Crippen molar-refractivity contribution < 1.29 is 0 Å². The van der Waals surface area contributed by atoms with E-state index in [1.807, 2.05) is 11.8 Å². The Balaban J connectivity index is 1.86. The first kappa shape index (κ1) is 9.43. The van der Waals surface area contributed by atoms with E-state index in [0.717, 1.165) is 10.9 Å². The highest BCUT2D eigenvalue weighted by molar-refractivity contribution is 8.01. The molecule has 2 rings (SSSR count). The molecule has 1 unspecified atom stereocenters. The Morgan fingerprint density at radius 3 is 3.38 bits per heavy atom. The maximum Gasteiger partial charge on any atom is 0.170 e. The van der Waals surface area contributed by atoms with Crippen molar-refractivity contribution in [2.75, 3.05) is 13.1 Å². The minimum absolute atomic E-state index is 0.690. The van der Waals surface area contributed by atoms with Gasteiger partial charge in [-0.15, -0.1) is 0 Å². The molecule has 3 nitrogen and oxygen atoms in total. The molecule has 0 spiro atoms. The summed E-state index contributed by atoms with van der Waals surface area (Å²) in [5.74, 6) is 0. The summed E-state index contributed by atoms with van der Waals surface area (Å²) in [7, 11) is 0. The summed E-state index contributed by atoms with van der Waals surface area (Å²) in [5, 5.41) is 4.14. The van der Waals surface area contributed by atoms with Gasteiger partial charge in [-0.2, -0.15) is 4.37 Å². The molecule has 0 amide bonds. The minimum atomic E-state index is 0.690. The van der Waals surface area contributed by atoms with Crippen LogP contribution in [0.1, 0.15) is 19.3 Å². The van der Waals surface area contributed by atoms with Gasteiger partial charge in [0.15, 0.2) is 4.34 Å².